The van der Waals surface area contributed by atoms with Gasteiger partial charge in [-0.25, -0.2) is 4.68 Å². The SMILES string of the molecule is Cc1cc(C(N)=O)nn1-c1ccc(Cc2ccc(-c3ccc([C@H]4CCCN4C)cc3)cc2)cc1. The summed E-state index contributed by atoms with van der Waals surface area (Å²) in [5, 5.41) is 4.30. The van der Waals surface area contributed by atoms with Crippen molar-refractivity contribution in [2.24, 2.45) is 5.73 Å². The van der Waals surface area contributed by atoms with E-state index in [-0.39, 0.29) is 5.69 Å². The summed E-state index contributed by atoms with van der Waals surface area (Å²) in [4.78, 5) is 13.8. The molecule has 0 spiro atoms. The molecule has 4 aromatic rings. The highest BCUT2D eigenvalue weighted by molar-refractivity contribution is 5.90. The van der Waals surface area contributed by atoms with Gasteiger partial charge < -0.3 is 5.73 Å². The highest BCUT2D eigenvalue weighted by Crippen LogP contribution is 2.31. The van der Waals surface area contributed by atoms with Gasteiger partial charge in [-0.3, -0.25) is 9.69 Å². The van der Waals surface area contributed by atoms with E-state index in [0.717, 1.165) is 17.8 Å². The Morgan fingerprint density at radius 2 is 1.53 bits per heavy atom. The van der Waals surface area contributed by atoms with Crippen molar-refractivity contribution in [2.45, 2.75) is 32.2 Å². The zero-order valence-electron chi connectivity index (χ0n) is 19.7. The zero-order chi connectivity index (χ0) is 23.7. The maximum atomic E-state index is 11.4. The fourth-order valence-corrected chi connectivity index (χ4v) is 4.89. The molecule has 34 heavy (non-hydrogen) atoms. The van der Waals surface area contributed by atoms with Gasteiger partial charge in [0.15, 0.2) is 5.69 Å². The molecule has 0 unspecified atom stereocenters. The maximum absolute atomic E-state index is 11.4. The van der Waals surface area contributed by atoms with E-state index in [4.69, 9.17) is 5.73 Å². The molecule has 1 aliphatic rings. The number of likely N-dealkylation sites (tertiary alicyclic amines) is 1. The van der Waals surface area contributed by atoms with Gasteiger partial charge in [0.1, 0.15) is 0 Å². The van der Waals surface area contributed by atoms with Gasteiger partial charge in [0.25, 0.3) is 5.91 Å². The fourth-order valence-electron chi connectivity index (χ4n) is 4.89. The number of aromatic nitrogens is 2. The number of primary amides is 1. The third-order valence-electron chi connectivity index (χ3n) is 6.83. The summed E-state index contributed by atoms with van der Waals surface area (Å²) in [5.74, 6) is -0.515. The molecule has 3 aromatic carbocycles. The molecule has 1 fully saturated rings. The maximum Gasteiger partial charge on any atom is 0.269 e. The molecule has 1 amide bonds. The van der Waals surface area contributed by atoms with E-state index in [9.17, 15) is 4.79 Å². The van der Waals surface area contributed by atoms with Crippen LogP contribution in [-0.4, -0.2) is 34.2 Å². The molecule has 2 N–H and O–H groups in total. The minimum atomic E-state index is -0.515. The van der Waals surface area contributed by atoms with Crippen LogP contribution in [0.2, 0.25) is 0 Å². The number of carbonyl (C=O) groups excluding carboxylic acids is 1. The van der Waals surface area contributed by atoms with Gasteiger partial charge in [0, 0.05) is 11.7 Å². The van der Waals surface area contributed by atoms with E-state index in [1.54, 1.807) is 10.7 Å². The largest absolute Gasteiger partial charge is 0.364 e. The molecule has 1 aliphatic heterocycles. The van der Waals surface area contributed by atoms with Crippen LogP contribution >= 0.6 is 0 Å². The first-order chi connectivity index (χ1) is 16.5. The van der Waals surface area contributed by atoms with Crippen molar-refractivity contribution in [2.75, 3.05) is 13.6 Å². The predicted molar refractivity (Wildman–Crippen MR) is 136 cm³/mol. The van der Waals surface area contributed by atoms with Gasteiger partial charge in [-0.05, 0) is 85.8 Å². The molecule has 1 aromatic heterocycles. The molecule has 0 saturated carbocycles. The summed E-state index contributed by atoms with van der Waals surface area (Å²) in [6, 6.07) is 28.4. The van der Waals surface area contributed by atoms with Crippen LogP contribution in [0.25, 0.3) is 16.8 Å². The molecule has 0 bridgehead atoms. The number of carbonyl (C=O) groups is 1. The van der Waals surface area contributed by atoms with Crippen molar-refractivity contribution >= 4 is 5.91 Å². The molecule has 5 heteroatoms. The van der Waals surface area contributed by atoms with Crippen LogP contribution in [0, 0.1) is 6.92 Å². The number of benzene rings is 3. The first-order valence-electron chi connectivity index (χ1n) is 11.8. The average Bonchev–Trinajstić information content (AvgIpc) is 3.46. The lowest BCUT2D eigenvalue weighted by molar-refractivity contribution is 0.0995. The summed E-state index contributed by atoms with van der Waals surface area (Å²) < 4.78 is 1.74. The first-order valence-corrected chi connectivity index (χ1v) is 11.8. The predicted octanol–water partition coefficient (Wildman–Crippen LogP) is 5.30. The van der Waals surface area contributed by atoms with Gasteiger partial charge in [0.2, 0.25) is 0 Å². The van der Waals surface area contributed by atoms with Crippen LogP contribution in [0.4, 0.5) is 0 Å². The Kier molecular flexibility index (Phi) is 6.03. The van der Waals surface area contributed by atoms with E-state index in [1.807, 2.05) is 19.1 Å². The van der Waals surface area contributed by atoms with Crippen LogP contribution in [0.15, 0.2) is 78.9 Å². The standard InChI is InChI=1S/C29H30N4O/c1-20-18-27(29(30)34)31-33(20)26-15-7-22(8-16-26)19-21-5-9-23(10-6-21)24-11-13-25(14-12-24)28-4-3-17-32(28)2/h5-16,18,28H,3-4,17,19H2,1-2H3,(H2,30,34)/t28-/m1/s1. The van der Waals surface area contributed by atoms with Crippen molar-refractivity contribution in [3.05, 3.63) is 107 Å². The van der Waals surface area contributed by atoms with Crippen LogP contribution in [0.5, 0.6) is 0 Å². The van der Waals surface area contributed by atoms with E-state index < -0.39 is 5.91 Å². The normalized spacial score (nSPS) is 16.1. The average molecular weight is 451 g/mol. The number of rotatable bonds is 6. The lowest BCUT2D eigenvalue weighted by atomic mass is 9.97. The summed E-state index contributed by atoms with van der Waals surface area (Å²) in [6.45, 7) is 3.10. The summed E-state index contributed by atoms with van der Waals surface area (Å²) >= 11 is 0. The topological polar surface area (TPSA) is 64.2 Å². The number of hydrogen-bond acceptors (Lipinski definition) is 3. The lowest BCUT2D eigenvalue weighted by Gasteiger charge is -2.20. The van der Waals surface area contributed by atoms with Crippen molar-refractivity contribution in [3.63, 3.8) is 0 Å². The van der Waals surface area contributed by atoms with Crippen molar-refractivity contribution in [3.8, 4) is 16.8 Å². The number of nitrogens with two attached hydrogens (primary N) is 1. The second-order valence-corrected chi connectivity index (χ2v) is 9.25. The zero-order valence-corrected chi connectivity index (χ0v) is 19.7. The molecule has 5 nitrogen and oxygen atoms in total. The van der Waals surface area contributed by atoms with E-state index in [1.165, 1.54) is 47.2 Å². The molecule has 2 heterocycles. The Morgan fingerprint density at radius 3 is 2.06 bits per heavy atom. The lowest BCUT2D eigenvalue weighted by Crippen LogP contribution is -2.17. The Bertz CT molecular complexity index is 1290. The molecule has 1 saturated heterocycles. The number of hydrogen-bond donors (Lipinski definition) is 1. The van der Waals surface area contributed by atoms with Gasteiger partial charge >= 0.3 is 0 Å². The second kappa shape index (κ2) is 9.27. The quantitative estimate of drug-likeness (QED) is 0.433. The van der Waals surface area contributed by atoms with Crippen LogP contribution in [-0.2, 0) is 6.42 Å². The van der Waals surface area contributed by atoms with Gasteiger partial charge in [-0.15, -0.1) is 0 Å². The minimum Gasteiger partial charge on any atom is -0.364 e. The first kappa shape index (κ1) is 22.1. The number of amides is 1. The molecule has 1 atom stereocenters. The molecule has 5 rings (SSSR count). The van der Waals surface area contributed by atoms with Gasteiger partial charge in [0.05, 0.1) is 5.69 Å². The van der Waals surface area contributed by atoms with Crippen molar-refractivity contribution < 1.29 is 4.79 Å². The van der Waals surface area contributed by atoms with Crippen LogP contribution in [0.1, 0.15) is 51.8 Å². The molecule has 0 radical (unpaired) electrons. The van der Waals surface area contributed by atoms with Crippen LogP contribution < -0.4 is 5.73 Å². The van der Waals surface area contributed by atoms with E-state index in [0.29, 0.717) is 6.04 Å². The van der Waals surface area contributed by atoms with Gasteiger partial charge in [-0.2, -0.15) is 5.10 Å². The van der Waals surface area contributed by atoms with Gasteiger partial charge in [-0.1, -0.05) is 60.7 Å². The monoisotopic (exact) mass is 450 g/mol. The highest BCUT2D eigenvalue weighted by atomic mass is 16.1. The van der Waals surface area contributed by atoms with Crippen molar-refractivity contribution in [1.29, 1.82) is 0 Å². The van der Waals surface area contributed by atoms with E-state index in [2.05, 4.69) is 77.7 Å². The third-order valence-corrected chi connectivity index (χ3v) is 6.83. The van der Waals surface area contributed by atoms with Crippen LogP contribution in [0.3, 0.4) is 0 Å². The van der Waals surface area contributed by atoms with E-state index >= 15 is 0 Å². The third kappa shape index (κ3) is 4.52. The molecular weight excluding hydrogens is 420 g/mol. The molecule has 0 aliphatic carbocycles. The second-order valence-electron chi connectivity index (χ2n) is 9.25. The fraction of sp³-hybridized carbons (Fsp3) is 0.241. The summed E-state index contributed by atoms with van der Waals surface area (Å²) in [7, 11) is 2.22. The summed E-state index contributed by atoms with van der Waals surface area (Å²) in [6.07, 6.45) is 3.39. The Labute approximate surface area is 200 Å². The molecule has 172 valence electrons. The Hall–Kier alpha value is -3.70. The smallest absolute Gasteiger partial charge is 0.269 e. The number of aryl methyl sites for hydroxylation is 1. The Balaban J connectivity index is 1.26. The summed E-state index contributed by atoms with van der Waals surface area (Å²) in [5.41, 5.74) is 13.8. The Morgan fingerprint density at radius 1 is 0.941 bits per heavy atom. The number of nitrogens with zero attached hydrogens (tertiary/aromatic N) is 3. The van der Waals surface area contributed by atoms with Crippen molar-refractivity contribution in [1.82, 2.24) is 14.7 Å². The highest BCUT2D eigenvalue weighted by Gasteiger charge is 2.22. The minimum absolute atomic E-state index is 0.280. The molecular formula is C29H30N4O.